The average Bonchev–Trinajstić information content (AvgIpc) is 3.22. The number of pyridine rings is 2. The van der Waals surface area contributed by atoms with Gasteiger partial charge in [0.15, 0.2) is 5.65 Å². The number of nitrogens with zero attached hydrogens (tertiary/aromatic N) is 5. The van der Waals surface area contributed by atoms with Gasteiger partial charge in [0, 0.05) is 41.2 Å². The predicted molar refractivity (Wildman–Crippen MR) is 117 cm³/mol. The lowest BCUT2D eigenvalue weighted by molar-refractivity contribution is 0.435. The molecule has 0 atom stereocenters. The summed E-state index contributed by atoms with van der Waals surface area (Å²) in [7, 11) is 0. The van der Waals surface area contributed by atoms with E-state index in [1.807, 2.05) is 30.6 Å². The van der Waals surface area contributed by atoms with Crippen molar-refractivity contribution in [3.63, 3.8) is 0 Å². The number of hydrogen-bond acceptors (Lipinski definition) is 5. The summed E-state index contributed by atoms with van der Waals surface area (Å²) in [5.74, 6) is 1.04. The molecule has 4 aromatic heterocycles. The first-order valence-electron chi connectivity index (χ1n) is 9.92. The summed E-state index contributed by atoms with van der Waals surface area (Å²) < 4.78 is 2.58. The Hall–Kier alpha value is -2.80. The van der Waals surface area contributed by atoms with Crippen LogP contribution in [0.2, 0.25) is 0 Å². The molecule has 0 bridgehead atoms. The summed E-state index contributed by atoms with van der Waals surface area (Å²) in [6.07, 6.45) is 13.3. The minimum atomic E-state index is 0.445. The molecule has 1 aliphatic rings. The average molecular weight is 449 g/mol. The van der Waals surface area contributed by atoms with E-state index in [1.165, 1.54) is 19.3 Å². The van der Waals surface area contributed by atoms with Gasteiger partial charge in [0.1, 0.15) is 5.82 Å². The highest BCUT2D eigenvalue weighted by molar-refractivity contribution is 9.10. The van der Waals surface area contributed by atoms with Gasteiger partial charge in [-0.3, -0.25) is 9.97 Å². The van der Waals surface area contributed by atoms with Crippen molar-refractivity contribution >= 4 is 27.4 Å². The molecule has 7 heteroatoms. The third-order valence-corrected chi connectivity index (χ3v) is 6.50. The Kier molecular flexibility index (Phi) is 4.75. The Bertz CT molecular complexity index is 1150. The van der Waals surface area contributed by atoms with Gasteiger partial charge < -0.3 is 5.73 Å². The van der Waals surface area contributed by atoms with Crippen LogP contribution in [0.25, 0.3) is 28.0 Å². The fourth-order valence-corrected chi connectivity index (χ4v) is 4.69. The number of anilines is 1. The molecular formula is C22H21BrN6. The van der Waals surface area contributed by atoms with E-state index in [0.717, 1.165) is 51.0 Å². The van der Waals surface area contributed by atoms with Gasteiger partial charge in [-0.25, -0.2) is 4.98 Å². The first kappa shape index (κ1) is 18.2. The van der Waals surface area contributed by atoms with Crippen molar-refractivity contribution in [1.29, 1.82) is 0 Å². The fourth-order valence-electron chi connectivity index (χ4n) is 4.11. The van der Waals surface area contributed by atoms with Crippen molar-refractivity contribution in [3.8, 4) is 22.4 Å². The number of nitrogens with two attached hydrogens (primary N) is 1. The monoisotopic (exact) mass is 448 g/mol. The Morgan fingerprint density at radius 1 is 0.966 bits per heavy atom. The number of aromatic nitrogens is 5. The molecule has 0 saturated heterocycles. The molecule has 1 fully saturated rings. The first-order chi connectivity index (χ1) is 14.2. The lowest BCUT2D eigenvalue weighted by Crippen LogP contribution is -2.11. The second kappa shape index (κ2) is 7.55. The maximum absolute atomic E-state index is 6.41. The molecule has 4 heterocycles. The minimum absolute atomic E-state index is 0.445. The Morgan fingerprint density at radius 3 is 2.48 bits per heavy atom. The van der Waals surface area contributed by atoms with Crippen LogP contribution in [-0.4, -0.2) is 24.6 Å². The molecule has 4 aromatic rings. The number of rotatable bonds is 3. The molecule has 5 rings (SSSR count). The van der Waals surface area contributed by atoms with Crippen LogP contribution < -0.4 is 5.73 Å². The number of halogens is 1. The van der Waals surface area contributed by atoms with Gasteiger partial charge in [0.25, 0.3) is 0 Å². The zero-order valence-electron chi connectivity index (χ0n) is 15.9. The first-order valence-corrected chi connectivity index (χ1v) is 10.7. The molecule has 6 nitrogen and oxygen atoms in total. The molecule has 1 aliphatic carbocycles. The van der Waals surface area contributed by atoms with Crippen molar-refractivity contribution in [1.82, 2.24) is 24.6 Å². The standard InChI is InChI=1S/C22H21BrN6/c23-19-20(15-4-2-1-3-5-15)28-22-17(13-27-29(22)21(19)24)16-6-7-18(26-12-16)14-8-10-25-11-9-14/h6-13,15H,1-5,24H2. The van der Waals surface area contributed by atoms with Crippen LogP contribution in [0.3, 0.4) is 0 Å². The molecule has 1 saturated carbocycles. The van der Waals surface area contributed by atoms with Crippen molar-refractivity contribution in [2.24, 2.45) is 0 Å². The number of nitrogen functional groups attached to an aromatic ring is 1. The Morgan fingerprint density at radius 2 is 1.76 bits per heavy atom. The van der Waals surface area contributed by atoms with Crippen LogP contribution >= 0.6 is 15.9 Å². The second-order valence-corrected chi connectivity index (χ2v) is 8.29. The van der Waals surface area contributed by atoms with Gasteiger partial charge in [-0.2, -0.15) is 9.61 Å². The summed E-state index contributed by atoms with van der Waals surface area (Å²) in [5, 5.41) is 4.49. The summed E-state index contributed by atoms with van der Waals surface area (Å²) >= 11 is 3.67. The maximum Gasteiger partial charge on any atom is 0.165 e. The maximum atomic E-state index is 6.41. The zero-order valence-corrected chi connectivity index (χ0v) is 17.5. The van der Waals surface area contributed by atoms with Crippen molar-refractivity contribution in [2.45, 2.75) is 38.0 Å². The van der Waals surface area contributed by atoms with E-state index >= 15 is 0 Å². The van der Waals surface area contributed by atoms with Crippen molar-refractivity contribution in [2.75, 3.05) is 5.73 Å². The lowest BCUT2D eigenvalue weighted by atomic mass is 9.87. The highest BCUT2D eigenvalue weighted by atomic mass is 79.9. The van der Waals surface area contributed by atoms with Gasteiger partial charge >= 0.3 is 0 Å². The molecular weight excluding hydrogens is 428 g/mol. The van der Waals surface area contributed by atoms with Crippen LogP contribution in [0.15, 0.2) is 53.5 Å². The van der Waals surface area contributed by atoms with E-state index in [9.17, 15) is 0 Å². The van der Waals surface area contributed by atoms with Gasteiger partial charge in [0.2, 0.25) is 0 Å². The fraction of sp³-hybridized carbons (Fsp3) is 0.273. The second-order valence-electron chi connectivity index (χ2n) is 7.49. The molecule has 0 aromatic carbocycles. The molecule has 0 radical (unpaired) electrons. The van der Waals surface area contributed by atoms with E-state index in [1.54, 1.807) is 16.9 Å². The Labute approximate surface area is 177 Å². The van der Waals surface area contributed by atoms with Gasteiger partial charge in [-0.1, -0.05) is 25.3 Å². The smallest absolute Gasteiger partial charge is 0.165 e. The summed E-state index contributed by atoms with van der Waals surface area (Å²) in [6, 6.07) is 7.97. The van der Waals surface area contributed by atoms with Gasteiger partial charge in [0.05, 0.1) is 22.1 Å². The minimum Gasteiger partial charge on any atom is -0.383 e. The van der Waals surface area contributed by atoms with Gasteiger partial charge in [-0.15, -0.1) is 0 Å². The van der Waals surface area contributed by atoms with E-state index < -0.39 is 0 Å². The lowest BCUT2D eigenvalue weighted by Gasteiger charge is -2.22. The van der Waals surface area contributed by atoms with Crippen LogP contribution in [0.1, 0.15) is 43.7 Å². The SMILES string of the molecule is Nc1c(Br)c(C2CCCCC2)nc2c(-c3ccc(-c4ccncc4)nc3)cnn12. The summed E-state index contributed by atoms with van der Waals surface area (Å²) in [6.45, 7) is 0. The molecule has 0 amide bonds. The summed E-state index contributed by atoms with van der Waals surface area (Å²) in [4.78, 5) is 13.7. The van der Waals surface area contributed by atoms with Gasteiger partial charge in [-0.05, 0) is 47.0 Å². The predicted octanol–water partition coefficient (Wildman–Crippen LogP) is 5.25. The Balaban J connectivity index is 1.57. The zero-order chi connectivity index (χ0) is 19.8. The van der Waals surface area contributed by atoms with Crippen LogP contribution in [-0.2, 0) is 0 Å². The van der Waals surface area contributed by atoms with Crippen LogP contribution in [0.4, 0.5) is 5.82 Å². The van der Waals surface area contributed by atoms with E-state index in [0.29, 0.717) is 11.7 Å². The van der Waals surface area contributed by atoms with Crippen molar-refractivity contribution in [3.05, 3.63) is 59.2 Å². The number of hydrogen-bond donors (Lipinski definition) is 1. The largest absolute Gasteiger partial charge is 0.383 e. The molecule has 146 valence electrons. The van der Waals surface area contributed by atoms with Crippen LogP contribution in [0.5, 0.6) is 0 Å². The summed E-state index contributed by atoms with van der Waals surface area (Å²) in [5.41, 5.74) is 12.1. The molecule has 2 N–H and O–H groups in total. The normalized spacial score (nSPS) is 15.1. The van der Waals surface area contributed by atoms with Crippen LogP contribution in [0, 0.1) is 0 Å². The molecule has 29 heavy (non-hydrogen) atoms. The van der Waals surface area contributed by atoms with E-state index in [4.69, 9.17) is 10.7 Å². The van der Waals surface area contributed by atoms with Crippen molar-refractivity contribution < 1.29 is 0 Å². The highest BCUT2D eigenvalue weighted by Gasteiger charge is 2.23. The topological polar surface area (TPSA) is 82.0 Å². The van der Waals surface area contributed by atoms with E-state index in [2.05, 4.69) is 37.1 Å². The molecule has 0 aliphatic heterocycles. The quantitative estimate of drug-likeness (QED) is 0.462. The third kappa shape index (κ3) is 3.29. The molecule has 0 spiro atoms. The number of fused-ring (bicyclic) bond motifs is 1. The highest BCUT2D eigenvalue weighted by Crippen LogP contribution is 2.39. The van der Waals surface area contributed by atoms with E-state index in [-0.39, 0.29) is 0 Å². The molecule has 0 unspecified atom stereocenters. The third-order valence-electron chi connectivity index (χ3n) is 5.69.